The first kappa shape index (κ1) is 16.7. The Labute approximate surface area is 144 Å². The summed E-state index contributed by atoms with van der Waals surface area (Å²) >= 11 is 0. The average molecular weight is 342 g/mol. The molecular formula is C17H19FN6O. The summed E-state index contributed by atoms with van der Waals surface area (Å²) < 4.78 is 15.7. The molecule has 0 spiro atoms. The molecule has 3 aromatic rings. The number of amides is 1. The third kappa shape index (κ3) is 3.10. The molecule has 0 atom stereocenters. The maximum absolute atomic E-state index is 13.8. The molecule has 0 aliphatic heterocycles. The first-order chi connectivity index (χ1) is 11.9. The van der Waals surface area contributed by atoms with Gasteiger partial charge in [-0.15, -0.1) is 0 Å². The summed E-state index contributed by atoms with van der Waals surface area (Å²) in [4.78, 5) is 20.8. The Morgan fingerprint density at radius 2 is 2.08 bits per heavy atom. The number of carbonyl (C=O) groups excluding carboxylic acids is 1. The molecule has 0 bridgehead atoms. The van der Waals surface area contributed by atoms with Crippen molar-refractivity contribution < 1.29 is 9.18 Å². The van der Waals surface area contributed by atoms with Gasteiger partial charge in [0, 0.05) is 30.9 Å². The minimum atomic E-state index is -0.737. The Morgan fingerprint density at radius 1 is 1.32 bits per heavy atom. The topological polar surface area (TPSA) is 97.9 Å². The molecule has 0 radical (unpaired) electrons. The Balaban J connectivity index is 2.08. The van der Waals surface area contributed by atoms with E-state index < -0.39 is 11.7 Å². The van der Waals surface area contributed by atoms with Crippen molar-refractivity contribution in [3.8, 4) is 0 Å². The van der Waals surface area contributed by atoms with Crippen LogP contribution in [0.15, 0.2) is 30.7 Å². The van der Waals surface area contributed by atoms with E-state index in [2.05, 4.69) is 20.6 Å². The van der Waals surface area contributed by atoms with E-state index in [1.165, 1.54) is 0 Å². The molecule has 7 nitrogen and oxygen atoms in total. The number of anilines is 3. The van der Waals surface area contributed by atoms with Gasteiger partial charge in [-0.1, -0.05) is 0 Å². The zero-order valence-electron chi connectivity index (χ0n) is 14.2. The van der Waals surface area contributed by atoms with Crippen LogP contribution >= 0.6 is 0 Å². The molecule has 0 aliphatic carbocycles. The first-order valence-electron chi connectivity index (χ1n) is 7.80. The third-order valence-corrected chi connectivity index (χ3v) is 3.74. The summed E-state index contributed by atoms with van der Waals surface area (Å²) in [5.74, 6) is -1.03. The number of nitrogens with zero attached hydrogens (tertiary/aromatic N) is 3. The van der Waals surface area contributed by atoms with Crippen LogP contribution < -0.4 is 16.4 Å². The monoisotopic (exact) mass is 342 g/mol. The Morgan fingerprint density at radius 3 is 2.80 bits per heavy atom. The van der Waals surface area contributed by atoms with Gasteiger partial charge in [-0.25, -0.2) is 14.4 Å². The van der Waals surface area contributed by atoms with Gasteiger partial charge in [0.25, 0.3) is 5.91 Å². The highest BCUT2D eigenvalue weighted by atomic mass is 19.1. The van der Waals surface area contributed by atoms with Crippen LogP contribution in [0.1, 0.15) is 24.2 Å². The van der Waals surface area contributed by atoms with E-state index in [9.17, 15) is 9.18 Å². The largest absolute Gasteiger partial charge is 0.396 e. The molecule has 4 N–H and O–H groups in total. The second-order valence-electron chi connectivity index (χ2n) is 6.02. The van der Waals surface area contributed by atoms with Crippen LogP contribution in [0.2, 0.25) is 0 Å². The molecule has 8 heteroatoms. The minimum absolute atomic E-state index is 0.0189. The molecule has 0 saturated carbocycles. The number of pyridine rings is 2. The smallest absolute Gasteiger partial charge is 0.257 e. The lowest BCUT2D eigenvalue weighted by Crippen LogP contribution is -2.31. The van der Waals surface area contributed by atoms with E-state index in [1.54, 1.807) is 12.3 Å². The van der Waals surface area contributed by atoms with Crippen molar-refractivity contribution in [3.63, 3.8) is 0 Å². The highest BCUT2D eigenvalue weighted by Gasteiger charge is 2.21. The SMILES string of the molecule is CC(C)NC(=O)c1c(Nc2ccnc3c2ccn3C)ncc(F)c1N. The molecule has 0 saturated heterocycles. The maximum Gasteiger partial charge on any atom is 0.257 e. The number of hydrogen-bond donors (Lipinski definition) is 3. The summed E-state index contributed by atoms with van der Waals surface area (Å²) in [6, 6.07) is 3.53. The zero-order chi connectivity index (χ0) is 18.1. The van der Waals surface area contributed by atoms with Crippen molar-refractivity contribution in [2.24, 2.45) is 7.05 Å². The van der Waals surface area contributed by atoms with Gasteiger partial charge in [-0.2, -0.15) is 0 Å². The van der Waals surface area contributed by atoms with Gasteiger partial charge in [-0.3, -0.25) is 4.79 Å². The number of aryl methyl sites for hydroxylation is 1. The summed E-state index contributed by atoms with van der Waals surface area (Å²) in [7, 11) is 1.88. The maximum atomic E-state index is 13.8. The van der Waals surface area contributed by atoms with E-state index in [-0.39, 0.29) is 23.1 Å². The zero-order valence-corrected chi connectivity index (χ0v) is 14.2. The van der Waals surface area contributed by atoms with E-state index in [0.717, 1.165) is 17.2 Å². The minimum Gasteiger partial charge on any atom is -0.396 e. The van der Waals surface area contributed by atoms with Crippen molar-refractivity contribution in [1.29, 1.82) is 0 Å². The van der Waals surface area contributed by atoms with Crippen molar-refractivity contribution in [1.82, 2.24) is 19.9 Å². The van der Waals surface area contributed by atoms with Crippen LogP contribution in [-0.2, 0) is 7.05 Å². The second kappa shape index (κ2) is 6.39. The quantitative estimate of drug-likeness (QED) is 0.677. The van der Waals surface area contributed by atoms with Crippen LogP contribution in [0, 0.1) is 5.82 Å². The average Bonchev–Trinajstić information content (AvgIpc) is 2.93. The lowest BCUT2D eigenvalue weighted by molar-refractivity contribution is 0.0944. The second-order valence-corrected chi connectivity index (χ2v) is 6.02. The molecule has 0 unspecified atom stereocenters. The molecule has 1 amide bonds. The molecule has 3 rings (SSSR count). The molecule has 0 aliphatic rings. The number of carbonyl (C=O) groups is 1. The van der Waals surface area contributed by atoms with Crippen LogP contribution in [0.25, 0.3) is 11.0 Å². The number of nitrogens with two attached hydrogens (primary N) is 1. The summed E-state index contributed by atoms with van der Waals surface area (Å²) in [6.07, 6.45) is 4.51. The van der Waals surface area contributed by atoms with E-state index >= 15 is 0 Å². The number of hydrogen-bond acceptors (Lipinski definition) is 5. The van der Waals surface area contributed by atoms with Crippen LogP contribution in [0.4, 0.5) is 21.6 Å². The first-order valence-corrected chi connectivity index (χ1v) is 7.80. The third-order valence-electron chi connectivity index (χ3n) is 3.74. The molecule has 130 valence electrons. The van der Waals surface area contributed by atoms with Gasteiger partial charge in [0.1, 0.15) is 17.0 Å². The lowest BCUT2D eigenvalue weighted by atomic mass is 10.1. The fourth-order valence-corrected chi connectivity index (χ4v) is 2.56. The predicted molar refractivity (Wildman–Crippen MR) is 95.2 cm³/mol. The normalized spacial score (nSPS) is 11.1. The van der Waals surface area contributed by atoms with E-state index in [0.29, 0.717) is 5.69 Å². The van der Waals surface area contributed by atoms with E-state index in [1.807, 2.05) is 37.7 Å². The van der Waals surface area contributed by atoms with Crippen LogP contribution in [-0.4, -0.2) is 26.5 Å². The molecule has 3 aromatic heterocycles. The van der Waals surface area contributed by atoms with E-state index in [4.69, 9.17) is 5.73 Å². The molecule has 3 heterocycles. The standard InChI is InChI=1S/C17H19FN6O/c1-9(2)22-17(25)13-14(19)11(18)8-21-15(13)23-12-4-6-20-16-10(12)5-7-24(16)3/h4-9H,1-3H3,(H,22,25)(H3,19,20,21,23). The van der Waals surface area contributed by atoms with Crippen molar-refractivity contribution in [3.05, 3.63) is 42.1 Å². The fourth-order valence-electron chi connectivity index (χ4n) is 2.56. The molecule has 0 aromatic carbocycles. The van der Waals surface area contributed by atoms with Gasteiger partial charge in [0.05, 0.1) is 17.6 Å². The van der Waals surface area contributed by atoms with Gasteiger partial charge >= 0.3 is 0 Å². The van der Waals surface area contributed by atoms with Gasteiger partial charge in [0.15, 0.2) is 5.82 Å². The number of fused-ring (bicyclic) bond motifs is 1. The highest BCUT2D eigenvalue weighted by molar-refractivity contribution is 6.05. The number of halogens is 1. The number of aromatic nitrogens is 3. The van der Waals surface area contributed by atoms with Crippen molar-refractivity contribution in [2.75, 3.05) is 11.1 Å². The molecule has 0 fully saturated rings. The summed E-state index contributed by atoms with van der Waals surface area (Å²) in [5.41, 5.74) is 7.01. The van der Waals surface area contributed by atoms with Crippen LogP contribution in [0.5, 0.6) is 0 Å². The van der Waals surface area contributed by atoms with Gasteiger partial charge < -0.3 is 20.9 Å². The molecule has 25 heavy (non-hydrogen) atoms. The Hall–Kier alpha value is -3.16. The molecular weight excluding hydrogens is 323 g/mol. The Bertz CT molecular complexity index is 950. The van der Waals surface area contributed by atoms with Gasteiger partial charge in [0.2, 0.25) is 0 Å². The fraction of sp³-hybridized carbons (Fsp3) is 0.235. The lowest BCUT2D eigenvalue weighted by Gasteiger charge is -2.15. The highest BCUT2D eigenvalue weighted by Crippen LogP contribution is 2.29. The van der Waals surface area contributed by atoms with Crippen molar-refractivity contribution in [2.45, 2.75) is 19.9 Å². The summed E-state index contributed by atoms with van der Waals surface area (Å²) in [5, 5.41) is 6.64. The Kier molecular flexibility index (Phi) is 4.26. The predicted octanol–water partition coefficient (Wildman–Crippen LogP) is 2.57. The number of rotatable bonds is 4. The van der Waals surface area contributed by atoms with Gasteiger partial charge in [-0.05, 0) is 26.0 Å². The van der Waals surface area contributed by atoms with Crippen molar-refractivity contribution >= 4 is 34.1 Å². The van der Waals surface area contributed by atoms with Crippen LogP contribution in [0.3, 0.4) is 0 Å². The number of nitrogen functional groups attached to an aromatic ring is 1. The summed E-state index contributed by atoms with van der Waals surface area (Å²) in [6.45, 7) is 3.62. The number of nitrogens with one attached hydrogen (secondary N) is 2.